The van der Waals surface area contributed by atoms with Crippen molar-refractivity contribution < 1.29 is 0 Å². The standard InChI is InChI=1S/C10H13N/c1-3-5-10(8-11)6-4-9(2)7-10/h1,9H,4-7H2,2H3. The molecule has 0 bridgehead atoms. The Bertz CT molecular complexity index is 218. The van der Waals surface area contributed by atoms with E-state index in [0.29, 0.717) is 12.3 Å². The largest absolute Gasteiger partial charge is 0.198 e. The Kier molecular flexibility index (Phi) is 2.20. The summed E-state index contributed by atoms with van der Waals surface area (Å²) in [5.41, 5.74) is -0.172. The van der Waals surface area contributed by atoms with Gasteiger partial charge in [-0.25, -0.2) is 0 Å². The second-order valence-electron chi connectivity index (χ2n) is 3.62. The molecule has 2 atom stereocenters. The summed E-state index contributed by atoms with van der Waals surface area (Å²) in [6, 6.07) is 2.37. The van der Waals surface area contributed by atoms with E-state index in [1.54, 1.807) is 0 Å². The molecule has 0 aliphatic heterocycles. The first kappa shape index (κ1) is 8.15. The highest BCUT2D eigenvalue weighted by Gasteiger charge is 2.36. The molecule has 11 heavy (non-hydrogen) atoms. The van der Waals surface area contributed by atoms with Crippen LogP contribution in [-0.4, -0.2) is 0 Å². The molecule has 0 radical (unpaired) electrons. The van der Waals surface area contributed by atoms with Crippen molar-refractivity contribution in [1.29, 1.82) is 5.26 Å². The second-order valence-corrected chi connectivity index (χ2v) is 3.62. The van der Waals surface area contributed by atoms with Gasteiger partial charge >= 0.3 is 0 Å². The van der Waals surface area contributed by atoms with Crippen LogP contribution in [0.3, 0.4) is 0 Å². The van der Waals surface area contributed by atoms with E-state index >= 15 is 0 Å². The Morgan fingerprint density at radius 1 is 1.73 bits per heavy atom. The highest BCUT2D eigenvalue weighted by molar-refractivity contribution is 5.09. The molecule has 1 rings (SSSR count). The first-order valence-electron chi connectivity index (χ1n) is 4.07. The Morgan fingerprint density at radius 3 is 2.82 bits per heavy atom. The third kappa shape index (κ3) is 1.55. The Labute approximate surface area is 68.4 Å². The van der Waals surface area contributed by atoms with Crippen LogP contribution in [0.1, 0.15) is 32.6 Å². The minimum atomic E-state index is -0.172. The molecule has 0 N–H and O–H groups in total. The van der Waals surface area contributed by atoms with E-state index in [1.165, 1.54) is 0 Å². The lowest BCUT2D eigenvalue weighted by atomic mass is 9.84. The zero-order valence-corrected chi connectivity index (χ0v) is 6.93. The number of rotatable bonds is 1. The molecule has 1 fully saturated rings. The van der Waals surface area contributed by atoms with Crippen molar-refractivity contribution in [2.45, 2.75) is 32.6 Å². The molecule has 0 spiro atoms. The van der Waals surface area contributed by atoms with E-state index in [1.807, 2.05) is 0 Å². The lowest BCUT2D eigenvalue weighted by Crippen LogP contribution is -2.12. The van der Waals surface area contributed by atoms with Gasteiger partial charge in [0.15, 0.2) is 0 Å². The van der Waals surface area contributed by atoms with Crippen LogP contribution in [0.15, 0.2) is 0 Å². The van der Waals surface area contributed by atoms with Crippen molar-refractivity contribution in [1.82, 2.24) is 0 Å². The molecule has 0 saturated heterocycles. The van der Waals surface area contributed by atoms with Gasteiger partial charge in [0.25, 0.3) is 0 Å². The monoisotopic (exact) mass is 147 g/mol. The number of hydrogen-bond acceptors (Lipinski definition) is 1. The van der Waals surface area contributed by atoms with E-state index in [2.05, 4.69) is 18.9 Å². The van der Waals surface area contributed by atoms with Gasteiger partial charge in [-0.1, -0.05) is 6.92 Å². The second kappa shape index (κ2) is 2.97. The average Bonchev–Trinajstić information content (AvgIpc) is 2.34. The van der Waals surface area contributed by atoms with Crippen molar-refractivity contribution >= 4 is 0 Å². The third-order valence-corrected chi connectivity index (χ3v) is 2.53. The molecule has 1 saturated carbocycles. The normalized spacial score (nSPS) is 36.1. The SMILES string of the molecule is C#CCC1(C#N)CCC(C)C1. The Balaban J connectivity index is 2.66. The van der Waals surface area contributed by atoms with Crippen LogP contribution in [0.2, 0.25) is 0 Å². The van der Waals surface area contributed by atoms with E-state index in [9.17, 15) is 0 Å². The Morgan fingerprint density at radius 2 is 2.45 bits per heavy atom. The van der Waals surface area contributed by atoms with Crippen molar-refractivity contribution in [3.05, 3.63) is 0 Å². The number of nitrogens with zero attached hydrogens (tertiary/aromatic N) is 1. The topological polar surface area (TPSA) is 23.8 Å². The summed E-state index contributed by atoms with van der Waals surface area (Å²) >= 11 is 0. The predicted octanol–water partition coefficient (Wildman–Crippen LogP) is 2.34. The van der Waals surface area contributed by atoms with Crippen LogP contribution in [0.4, 0.5) is 0 Å². The summed E-state index contributed by atoms with van der Waals surface area (Å²) < 4.78 is 0. The average molecular weight is 147 g/mol. The Hall–Kier alpha value is -0.950. The lowest BCUT2D eigenvalue weighted by Gasteiger charge is -2.16. The summed E-state index contributed by atoms with van der Waals surface area (Å²) in [5, 5.41) is 8.92. The lowest BCUT2D eigenvalue weighted by molar-refractivity contribution is 0.405. The summed E-state index contributed by atoms with van der Waals surface area (Å²) in [7, 11) is 0. The fraction of sp³-hybridized carbons (Fsp3) is 0.700. The minimum absolute atomic E-state index is 0.172. The van der Waals surface area contributed by atoms with Gasteiger partial charge in [0.2, 0.25) is 0 Å². The summed E-state index contributed by atoms with van der Waals surface area (Å²) in [6.45, 7) is 2.19. The maximum Gasteiger partial charge on any atom is 0.0699 e. The van der Waals surface area contributed by atoms with E-state index in [-0.39, 0.29) is 5.41 Å². The predicted molar refractivity (Wildman–Crippen MR) is 44.5 cm³/mol. The molecule has 0 aromatic heterocycles. The van der Waals surface area contributed by atoms with Gasteiger partial charge in [0.05, 0.1) is 11.5 Å². The molecular formula is C10H13N. The summed E-state index contributed by atoms with van der Waals surface area (Å²) in [4.78, 5) is 0. The van der Waals surface area contributed by atoms with Gasteiger partial charge in [-0.15, -0.1) is 12.3 Å². The van der Waals surface area contributed by atoms with Gasteiger partial charge in [0.1, 0.15) is 0 Å². The molecule has 0 heterocycles. The molecule has 1 aliphatic carbocycles. The molecule has 1 nitrogen and oxygen atoms in total. The number of hydrogen-bond donors (Lipinski definition) is 0. The van der Waals surface area contributed by atoms with E-state index in [4.69, 9.17) is 11.7 Å². The molecule has 2 unspecified atom stereocenters. The zero-order chi connectivity index (χ0) is 8.32. The van der Waals surface area contributed by atoms with Crippen LogP contribution in [0, 0.1) is 35.0 Å². The first-order chi connectivity index (χ1) is 5.22. The van der Waals surface area contributed by atoms with E-state index in [0.717, 1.165) is 19.3 Å². The van der Waals surface area contributed by atoms with Crippen LogP contribution in [-0.2, 0) is 0 Å². The number of terminal acetylenes is 1. The van der Waals surface area contributed by atoms with Gasteiger partial charge in [-0.05, 0) is 25.2 Å². The van der Waals surface area contributed by atoms with Gasteiger partial charge in [-0.2, -0.15) is 5.26 Å². The van der Waals surface area contributed by atoms with Crippen LogP contribution >= 0.6 is 0 Å². The van der Waals surface area contributed by atoms with Crippen LogP contribution < -0.4 is 0 Å². The summed E-state index contributed by atoms with van der Waals surface area (Å²) in [5.74, 6) is 3.28. The van der Waals surface area contributed by atoms with Crippen LogP contribution in [0.25, 0.3) is 0 Å². The summed E-state index contributed by atoms with van der Waals surface area (Å²) in [6.07, 6.45) is 9.00. The molecule has 0 aromatic carbocycles. The fourth-order valence-corrected chi connectivity index (χ4v) is 1.89. The molecule has 1 aliphatic rings. The molecule has 1 heteroatoms. The van der Waals surface area contributed by atoms with Crippen molar-refractivity contribution in [3.63, 3.8) is 0 Å². The zero-order valence-electron chi connectivity index (χ0n) is 6.93. The van der Waals surface area contributed by atoms with Gasteiger partial charge in [-0.3, -0.25) is 0 Å². The molecule has 0 amide bonds. The highest BCUT2D eigenvalue weighted by Crippen LogP contribution is 2.43. The molecule has 0 aromatic rings. The minimum Gasteiger partial charge on any atom is -0.198 e. The van der Waals surface area contributed by atoms with E-state index < -0.39 is 0 Å². The molecule has 58 valence electrons. The number of nitriles is 1. The quantitative estimate of drug-likeness (QED) is 0.522. The maximum absolute atomic E-state index is 8.92. The van der Waals surface area contributed by atoms with Gasteiger partial charge < -0.3 is 0 Å². The van der Waals surface area contributed by atoms with Gasteiger partial charge in [0, 0.05) is 6.42 Å². The maximum atomic E-state index is 8.92. The first-order valence-corrected chi connectivity index (χ1v) is 4.07. The third-order valence-electron chi connectivity index (χ3n) is 2.53. The fourth-order valence-electron chi connectivity index (χ4n) is 1.89. The van der Waals surface area contributed by atoms with Crippen molar-refractivity contribution in [2.24, 2.45) is 11.3 Å². The van der Waals surface area contributed by atoms with Crippen LogP contribution in [0.5, 0.6) is 0 Å². The van der Waals surface area contributed by atoms with Crippen molar-refractivity contribution in [3.8, 4) is 18.4 Å². The highest BCUT2D eigenvalue weighted by atomic mass is 14.4. The smallest absolute Gasteiger partial charge is 0.0699 e. The molecular weight excluding hydrogens is 134 g/mol. The van der Waals surface area contributed by atoms with Crippen molar-refractivity contribution in [2.75, 3.05) is 0 Å².